The van der Waals surface area contributed by atoms with Crippen molar-refractivity contribution >= 4 is 5.91 Å². The Hall–Kier alpha value is -1.39. The topological polar surface area (TPSA) is 50.4 Å². The van der Waals surface area contributed by atoms with Gasteiger partial charge in [-0.2, -0.15) is 0 Å². The number of amides is 1. The predicted octanol–water partition coefficient (Wildman–Crippen LogP) is 1.47. The van der Waals surface area contributed by atoms with Crippen LogP contribution in [-0.2, 0) is 9.53 Å². The second-order valence-electron chi connectivity index (χ2n) is 5.17. The Labute approximate surface area is 114 Å². The summed E-state index contributed by atoms with van der Waals surface area (Å²) >= 11 is 0. The quantitative estimate of drug-likeness (QED) is 0.867. The zero-order valence-electron chi connectivity index (χ0n) is 11.8. The van der Waals surface area contributed by atoms with Crippen molar-refractivity contribution < 1.29 is 9.53 Å². The van der Waals surface area contributed by atoms with Crippen LogP contribution in [0.15, 0.2) is 18.2 Å². The van der Waals surface area contributed by atoms with Gasteiger partial charge in [-0.05, 0) is 31.9 Å². The van der Waals surface area contributed by atoms with E-state index in [1.807, 2.05) is 6.92 Å². The Bertz CT molecular complexity index is 453. The van der Waals surface area contributed by atoms with E-state index in [9.17, 15) is 4.79 Å². The zero-order chi connectivity index (χ0) is 13.8. The van der Waals surface area contributed by atoms with Gasteiger partial charge in [0.05, 0.1) is 19.3 Å². The lowest BCUT2D eigenvalue weighted by atomic mass is 10.00. The lowest BCUT2D eigenvalue weighted by Gasteiger charge is -2.25. The van der Waals surface area contributed by atoms with Gasteiger partial charge >= 0.3 is 0 Å². The fourth-order valence-corrected chi connectivity index (χ4v) is 2.44. The maximum absolute atomic E-state index is 12.1. The Kier molecular flexibility index (Phi) is 4.56. The number of aryl methyl sites for hydroxylation is 2. The molecule has 1 fully saturated rings. The van der Waals surface area contributed by atoms with Crippen molar-refractivity contribution in [2.75, 3.05) is 19.8 Å². The first-order valence-corrected chi connectivity index (χ1v) is 6.76. The number of nitrogens with one attached hydrogen (secondary N) is 2. The van der Waals surface area contributed by atoms with Crippen LogP contribution in [0.4, 0.5) is 0 Å². The summed E-state index contributed by atoms with van der Waals surface area (Å²) in [6.45, 7) is 8.02. The summed E-state index contributed by atoms with van der Waals surface area (Å²) in [6.07, 6.45) is 0. The molecule has 1 saturated heterocycles. The summed E-state index contributed by atoms with van der Waals surface area (Å²) in [7, 11) is 0. The number of ether oxygens (including phenoxy) is 1. The molecule has 1 aromatic carbocycles. The summed E-state index contributed by atoms with van der Waals surface area (Å²) in [5.74, 6) is 0.00664. The highest BCUT2D eigenvalue weighted by Crippen LogP contribution is 2.18. The molecule has 2 N–H and O–H groups in total. The molecule has 2 rings (SSSR count). The number of rotatable bonds is 3. The number of hydrogen-bond donors (Lipinski definition) is 2. The maximum Gasteiger partial charge on any atom is 0.240 e. The Morgan fingerprint density at radius 2 is 2.26 bits per heavy atom. The molecule has 104 valence electrons. The molecule has 1 heterocycles. The molecule has 4 heteroatoms. The van der Waals surface area contributed by atoms with E-state index in [1.165, 1.54) is 11.1 Å². The van der Waals surface area contributed by atoms with Gasteiger partial charge < -0.3 is 15.4 Å². The van der Waals surface area contributed by atoms with E-state index >= 15 is 0 Å². The Morgan fingerprint density at radius 1 is 1.47 bits per heavy atom. The average Bonchev–Trinajstić information content (AvgIpc) is 2.39. The van der Waals surface area contributed by atoms with Gasteiger partial charge in [-0.25, -0.2) is 0 Å². The van der Waals surface area contributed by atoms with Gasteiger partial charge in [-0.3, -0.25) is 4.79 Å². The van der Waals surface area contributed by atoms with Gasteiger partial charge in [-0.1, -0.05) is 23.8 Å². The van der Waals surface area contributed by atoms with Crippen LogP contribution < -0.4 is 10.6 Å². The third kappa shape index (κ3) is 3.55. The maximum atomic E-state index is 12.1. The van der Waals surface area contributed by atoms with Crippen LogP contribution in [0.3, 0.4) is 0 Å². The minimum absolute atomic E-state index is 0.00664. The summed E-state index contributed by atoms with van der Waals surface area (Å²) in [6, 6.07) is 6.08. The molecular formula is C15H22N2O2. The van der Waals surface area contributed by atoms with Crippen molar-refractivity contribution in [3.05, 3.63) is 34.9 Å². The third-order valence-electron chi connectivity index (χ3n) is 3.49. The van der Waals surface area contributed by atoms with E-state index in [0.717, 1.165) is 12.1 Å². The first-order valence-electron chi connectivity index (χ1n) is 6.76. The molecule has 2 atom stereocenters. The van der Waals surface area contributed by atoms with Crippen LogP contribution in [0.2, 0.25) is 0 Å². The molecule has 1 aromatic rings. The molecule has 19 heavy (non-hydrogen) atoms. The normalized spacial score (nSPS) is 20.9. The molecule has 1 amide bonds. The van der Waals surface area contributed by atoms with Crippen molar-refractivity contribution in [1.82, 2.24) is 10.6 Å². The number of morpholine rings is 1. The van der Waals surface area contributed by atoms with Crippen LogP contribution in [-0.4, -0.2) is 31.7 Å². The van der Waals surface area contributed by atoms with E-state index in [-0.39, 0.29) is 18.0 Å². The van der Waals surface area contributed by atoms with Crippen LogP contribution in [0, 0.1) is 13.8 Å². The van der Waals surface area contributed by atoms with E-state index < -0.39 is 0 Å². The number of carbonyl (C=O) groups excluding carboxylic acids is 1. The predicted molar refractivity (Wildman–Crippen MR) is 75.1 cm³/mol. The van der Waals surface area contributed by atoms with Gasteiger partial charge in [0.25, 0.3) is 0 Å². The second kappa shape index (κ2) is 6.17. The van der Waals surface area contributed by atoms with Gasteiger partial charge in [-0.15, -0.1) is 0 Å². The summed E-state index contributed by atoms with van der Waals surface area (Å²) in [5.41, 5.74) is 3.61. The van der Waals surface area contributed by atoms with Crippen molar-refractivity contribution in [1.29, 1.82) is 0 Å². The van der Waals surface area contributed by atoms with Gasteiger partial charge in [0, 0.05) is 6.54 Å². The summed E-state index contributed by atoms with van der Waals surface area (Å²) in [4.78, 5) is 12.1. The van der Waals surface area contributed by atoms with Gasteiger partial charge in [0.1, 0.15) is 6.04 Å². The van der Waals surface area contributed by atoms with E-state index in [2.05, 4.69) is 42.7 Å². The molecule has 0 aromatic heterocycles. The van der Waals surface area contributed by atoms with E-state index in [0.29, 0.717) is 13.2 Å². The zero-order valence-corrected chi connectivity index (χ0v) is 11.8. The summed E-state index contributed by atoms with van der Waals surface area (Å²) < 4.78 is 5.31. The van der Waals surface area contributed by atoms with E-state index in [1.54, 1.807) is 0 Å². The van der Waals surface area contributed by atoms with Crippen molar-refractivity contribution in [2.24, 2.45) is 0 Å². The number of hydrogen-bond acceptors (Lipinski definition) is 3. The SMILES string of the molecule is Cc1ccc(C(C)NC(=O)C2COCCN2)c(C)c1. The van der Waals surface area contributed by atoms with Crippen LogP contribution in [0.25, 0.3) is 0 Å². The van der Waals surface area contributed by atoms with Crippen molar-refractivity contribution in [2.45, 2.75) is 32.9 Å². The number of benzene rings is 1. The summed E-state index contributed by atoms with van der Waals surface area (Å²) in [5, 5.41) is 6.21. The minimum Gasteiger partial charge on any atom is -0.378 e. The molecule has 4 nitrogen and oxygen atoms in total. The first-order chi connectivity index (χ1) is 9.08. The molecular weight excluding hydrogens is 240 g/mol. The standard InChI is InChI=1S/C15H22N2O2/c1-10-4-5-13(11(2)8-10)12(3)17-15(18)14-9-19-7-6-16-14/h4-5,8,12,14,16H,6-7,9H2,1-3H3,(H,17,18). The molecule has 1 aliphatic rings. The van der Waals surface area contributed by atoms with Crippen LogP contribution >= 0.6 is 0 Å². The molecule has 0 bridgehead atoms. The highest BCUT2D eigenvalue weighted by atomic mass is 16.5. The molecule has 0 spiro atoms. The Balaban J connectivity index is 1.99. The molecule has 2 unspecified atom stereocenters. The number of carbonyl (C=O) groups is 1. The fourth-order valence-electron chi connectivity index (χ4n) is 2.44. The molecule has 1 aliphatic heterocycles. The molecule has 0 radical (unpaired) electrons. The largest absolute Gasteiger partial charge is 0.378 e. The average molecular weight is 262 g/mol. The van der Waals surface area contributed by atoms with Gasteiger partial charge in [0.15, 0.2) is 0 Å². The third-order valence-corrected chi connectivity index (χ3v) is 3.49. The minimum atomic E-state index is -0.234. The molecule has 0 aliphatic carbocycles. The van der Waals surface area contributed by atoms with E-state index in [4.69, 9.17) is 4.74 Å². The van der Waals surface area contributed by atoms with Crippen molar-refractivity contribution in [3.63, 3.8) is 0 Å². The Morgan fingerprint density at radius 3 is 2.89 bits per heavy atom. The first kappa shape index (κ1) is 14.0. The van der Waals surface area contributed by atoms with Crippen LogP contribution in [0.5, 0.6) is 0 Å². The smallest absolute Gasteiger partial charge is 0.240 e. The molecule has 0 saturated carbocycles. The highest BCUT2D eigenvalue weighted by Gasteiger charge is 2.23. The monoisotopic (exact) mass is 262 g/mol. The van der Waals surface area contributed by atoms with Crippen molar-refractivity contribution in [3.8, 4) is 0 Å². The van der Waals surface area contributed by atoms with Gasteiger partial charge in [0.2, 0.25) is 5.91 Å². The second-order valence-corrected chi connectivity index (χ2v) is 5.17. The highest BCUT2D eigenvalue weighted by molar-refractivity contribution is 5.82. The lowest BCUT2D eigenvalue weighted by Crippen LogP contribution is -2.51. The lowest BCUT2D eigenvalue weighted by molar-refractivity contribution is -0.126. The van der Waals surface area contributed by atoms with Crippen LogP contribution in [0.1, 0.15) is 29.7 Å². The fraction of sp³-hybridized carbons (Fsp3) is 0.533.